The van der Waals surface area contributed by atoms with E-state index in [4.69, 9.17) is 0 Å². The Morgan fingerprint density at radius 1 is 1.25 bits per heavy atom. The first kappa shape index (κ1) is 9.16. The minimum absolute atomic E-state index is 0.976. The maximum atomic E-state index is 4.36. The van der Waals surface area contributed by atoms with Crippen LogP contribution in [0.4, 0.5) is 0 Å². The molecule has 1 radical (unpaired) electrons. The first-order chi connectivity index (χ1) is 7.84. The highest BCUT2D eigenvalue weighted by Crippen LogP contribution is 2.18. The summed E-state index contributed by atoms with van der Waals surface area (Å²) in [4.78, 5) is 4.36. The van der Waals surface area contributed by atoms with Gasteiger partial charge in [-0.05, 0) is 42.8 Å². The fourth-order valence-corrected chi connectivity index (χ4v) is 1.89. The average molecular weight is 207 g/mol. The van der Waals surface area contributed by atoms with Crippen molar-refractivity contribution >= 4 is 11.0 Å². The van der Waals surface area contributed by atoms with E-state index in [1.54, 1.807) is 0 Å². The van der Waals surface area contributed by atoms with Crippen LogP contribution in [0.15, 0.2) is 48.8 Å². The number of rotatable bonds is 1. The predicted molar refractivity (Wildman–Crippen MR) is 64.6 cm³/mol. The van der Waals surface area contributed by atoms with E-state index in [1.807, 2.05) is 24.5 Å². The van der Waals surface area contributed by atoms with Crippen molar-refractivity contribution in [3.63, 3.8) is 0 Å². The SMILES string of the molecule is Cc1cccc(-n2cnc3c[c]ccc32)c1. The molecular weight excluding hydrogens is 196 g/mol. The summed E-state index contributed by atoms with van der Waals surface area (Å²) in [6.07, 6.45) is 1.85. The molecule has 0 aliphatic rings. The Labute approximate surface area is 94.2 Å². The predicted octanol–water partition coefficient (Wildman–Crippen LogP) is 3.13. The highest BCUT2D eigenvalue weighted by atomic mass is 15.0. The molecule has 77 valence electrons. The van der Waals surface area contributed by atoms with E-state index in [1.165, 1.54) is 5.56 Å². The minimum Gasteiger partial charge on any atom is -0.299 e. The van der Waals surface area contributed by atoms with Crippen LogP contribution >= 0.6 is 0 Å². The second kappa shape index (κ2) is 3.49. The number of imidazole rings is 1. The maximum absolute atomic E-state index is 4.36. The van der Waals surface area contributed by atoms with E-state index in [9.17, 15) is 0 Å². The Balaban J connectivity index is 2.26. The van der Waals surface area contributed by atoms with Crippen LogP contribution in [0.1, 0.15) is 5.56 Å². The van der Waals surface area contributed by atoms with Crippen molar-refractivity contribution in [2.75, 3.05) is 0 Å². The summed E-state index contributed by atoms with van der Waals surface area (Å²) in [6.45, 7) is 2.09. The molecule has 0 saturated heterocycles. The number of benzene rings is 2. The van der Waals surface area contributed by atoms with Crippen molar-refractivity contribution in [1.29, 1.82) is 0 Å². The Kier molecular flexibility index (Phi) is 2.00. The lowest BCUT2D eigenvalue weighted by Gasteiger charge is -2.04. The van der Waals surface area contributed by atoms with Gasteiger partial charge in [-0.1, -0.05) is 18.2 Å². The lowest BCUT2D eigenvalue weighted by atomic mass is 10.2. The van der Waals surface area contributed by atoms with Gasteiger partial charge in [0.1, 0.15) is 6.33 Å². The fourth-order valence-electron chi connectivity index (χ4n) is 1.89. The average Bonchev–Trinajstić information content (AvgIpc) is 2.72. The Morgan fingerprint density at radius 2 is 2.19 bits per heavy atom. The van der Waals surface area contributed by atoms with Crippen LogP contribution < -0.4 is 0 Å². The van der Waals surface area contributed by atoms with Gasteiger partial charge in [0.2, 0.25) is 0 Å². The summed E-state index contributed by atoms with van der Waals surface area (Å²) < 4.78 is 2.09. The number of aromatic nitrogens is 2. The first-order valence-corrected chi connectivity index (χ1v) is 5.25. The highest BCUT2D eigenvalue weighted by molar-refractivity contribution is 5.77. The van der Waals surface area contributed by atoms with Gasteiger partial charge in [-0.2, -0.15) is 0 Å². The number of fused-ring (bicyclic) bond motifs is 1. The van der Waals surface area contributed by atoms with Gasteiger partial charge in [0.05, 0.1) is 11.0 Å². The van der Waals surface area contributed by atoms with Gasteiger partial charge < -0.3 is 0 Å². The van der Waals surface area contributed by atoms with Crippen LogP contribution in [0.25, 0.3) is 16.7 Å². The van der Waals surface area contributed by atoms with Crippen LogP contribution in [0.2, 0.25) is 0 Å². The minimum atomic E-state index is 0.976. The van der Waals surface area contributed by atoms with Gasteiger partial charge in [0, 0.05) is 5.69 Å². The van der Waals surface area contributed by atoms with Crippen LogP contribution in [-0.4, -0.2) is 9.55 Å². The van der Waals surface area contributed by atoms with Gasteiger partial charge in [0.25, 0.3) is 0 Å². The molecule has 16 heavy (non-hydrogen) atoms. The topological polar surface area (TPSA) is 17.8 Å². The Morgan fingerprint density at radius 3 is 3.06 bits per heavy atom. The molecule has 1 heterocycles. The molecule has 0 unspecified atom stereocenters. The van der Waals surface area contributed by atoms with Crippen LogP contribution in [-0.2, 0) is 0 Å². The molecule has 0 atom stereocenters. The third kappa shape index (κ3) is 1.39. The molecule has 3 rings (SSSR count). The summed E-state index contributed by atoms with van der Waals surface area (Å²) in [5, 5.41) is 0. The third-order valence-electron chi connectivity index (χ3n) is 2.67. The standard InChI is InChI=1S/C14H11N2/c1-11-5-4-6-12(9-11)16-10-15-13-7-2-3-8-14(13)16/h3-10H,1H3. The van der Waals surface area contributed by atoms with Gasteiger partial charge in [0.15, 0.2) is 0 Å². The summed E-state index contributed by atoms with van der Waals surface area (Å²) in [5.74, 6) is 0. The smallest absolute Gasteiger partial charge is 0.100 e. The van der Waals surface area contributed by atoms with Crippen molar-refractivity contribution in [3.05, 3.63) is 60.4 Å². The van der Waals surface area contributed by atoms with Gasteiger partial charge in [-0.25, -0.2) is 4.98 Å². The molecule has 2 nitrogen and oxygen atoms in total. The van der Waals surface area contributed by atoms with Crippen molar-refractivity contribution < 1.29 is 0 Å². The molecular formula is C14H11N2. The van der Waals surface area contributed by atoms with E-state index in [-0.39, 0.29) is 0 Å². The van der Waals surface area contributed by atoms with Crippen molar-refractivity contribution in [2.45, 2.75) is 6.92 Å². The molecule has 0 saturated carbocycles. The Bertz CT molecular complexity index is 638. The molecule has 0 fully saturated rings. The molecule has 2 heteroatoms. The zero-order valence-electron chi connectivity index (χ0n) is 9.01. The molecule has 0 bridgehead atoms. The molecule has 0 spiro atoms. The van der Waals surface area contributed by atoms with E-state index >= 15 is 0 Å². The molecule has 3 aromatic rings. The fraction of sp³-hybridized carbons (Fsp3) is 0.0714. The van der Waals surface area contributed by atoms with E-state index in [0.717, 1.165) is 16.7 Å². The van der Waals surface area contributed by atoms with Crippen molar-refractivity contribution in [3.8, 4) is 5.69 Å². The van der Waals surface area contributed by atoms with Gasteiger partial charge in [-0.3, -0.25) is 4.57 Å². The second-order valence-electron chi connectivity index (χ2n) is 3.87. The molecule has 0 aliphatic heterocycles. The lowest BCUT2D eigenvalue weighted by Crippen LogP contribution is -1.91. The summed E-state index contributed by atoms with van der Waals surface area (Å²) in [7, 11) is 0. The van der Waals surface area contributed by atoms with Crippen LogP contribution in [0, 0.1) is 13.0 Å². The molecule has 1 aromatic heterocycles. The number of hydrogen-bond acceptors (Lipinski definition) is 1. The van der Waals surface area contributed by atoms with Crippen molar-refractivity contribution in [1.82, 2.24) is 9.55 Å². The normalized spacial score (nSPS) is 10.8. The van der Waals surface area contributed by atoms with Gasteiger partial charge in [-0.15, -0.1) is 0 Å². The molecule has 0 N–H and O–H groups in total. The molecule has 0 aliphatic carbocycles. The largest absolute Gasteiger partial charge is 0.299 e. The monoisotopic (exact) mass is 207 g/mol. The van der Waals surface area contributed by atoms with E-state index in [0.29, 0.717) is 0 Å². The first-order valence-electron chi connectivity index (χ1n) is 5.25. The second-order valence-corrected chi connectivity index (χ2v) is 3.87. The van der Waals surface area contributed by atoms with Crippen LogP contribution in [0.3, 0.4) is 0 Å². The number of hydrogen-bond donors (Lipinski definition) is 0. The van der Waals surface area contributed by atoms with E-state index < -0.39 is 0 Å². The summed E-state index contributed by atoms with van der Waals surface area (Å²) >= 11 is 0. The van der Waals surface area contributed by atoms with Crippen LogP contribution in [0.5, 0.6) is 0 Å². The lowest BCUT2D eigenvalue weighted by molar-refractivity contribution is 1.09. The summed E-state index contributed by atoms with van der Waals surface area (Å²) in [6, 6.07) is 17.3. The number of aryl methyl sites for hydroxylation is 1. The van der Waals surface area contributed by atoms with Crippen molar-refractivity contribution in [2.24, 2.45) is 0 Å². The van der Waals surface area contributed by atoms with E-state index in [2.05, 4.69) is 46.8 Å². The molecule has 2 aromatic carbocycles. The quantitative estimate of drug-likeness (QED) is 0.599. The zero-order chi connectivity index (χ0) is 11.0. The Hall–Kier alpha value is -2.09. The zero-order valence-corrected chi connectivity index (χ0v) is 9.01. The summed E-state index contributed by atoms with van der Waals surface area (Å²) in [5.41, 5.74) is 4.49. The van der Waals surface area contributed by atoms with Gasteiger partial charge >= 0.3 is 0 Å². The third-order valence-corrected chi connectivity index (χ3v) is 2.67. The number of nitrogens with zero attached hydrogens (tertiary/aromatic N) is 2. The molecule has 0 amide bonds. The highest BCUT2D eigenvalue weighted by Gasteiger charge is 2.02. The maximum Gasteiger partial charge on any atom is 0.100 e.